The second kappa shape index (κ2) is 5.45. The van der Waals surface area contributed by atoms with Crippen LogP contribution in [0.3, 0.4) is 0 Å². The van der Waals surface area contributed by atoms with Gasteiger partial charge in [0, 0.05) is 16.5 Å². The first-order chi connectivity index (χ1) is 9.31. The molecule has 0 unspecified atom stereocenters. The Kier molecular flexibility index (Phi) is 4.05. The Balaban J connectivity index is 2.25. The summed E-state index contributed by atoms with van der Waals surface area (Å²) in [6.45, 7) is 0. The van der Waals surface area contributed by atoms with Crippen molar-refractivity contribution in [2.24, 2.45) is 0 Å². The van der Waals surface area contributed by atoms with Gasteiger partial charge in [-0.1, -0.05) is 42.5 Å². The van der Waals surface area contributed by atoms with Gasteiger partial charge in [-0.2, -0.15) is 0 Å². The molecule has 0 heterocycles. The molecule has 2 aromatic rings. The molecule has 0 saturated carbocycles. The average Bonchev–Trinajstić information content (AvgIpc) is 2.39. The average molecular weight is 252 g/mol. The summed E-state index contributed by atoms with van der Waals surface area (Å²) in [6.07, 6.45) is 0. The van der Waals surface area contributed by atoms with Gasteiger partial charge in [-0.3, -0.25) is 0 Å². The van der Waals surface area contributed by atoms with Crippen LogP contribution in [0.5, 0.6) is 0 Å². The first-order valence-electron chi connectivity index (χ1n) is 6.08. The third-order valence-corrected chi connectivity index (χ3v) is 2.92. The van der Waals surface area contributed by atoms with E-state index >= 15 is 0 Å². The fourth-order valence-electron chi connectivity index (χ4n) is 1.84. The Hall–Kier alpha value is -1.54. The van der Waals surface area contributed by atoms with Gasteiger partial charge in [0.15, 0.2) is 0 Å². The SMILES string of the molecule is [B]C([B])(OC([B])([B])c1ccc(N)cc1)c1ccccc1. The van der Waals surface area contributed by atoms with E-state index < -0.39 is 10.8 Å². The lowest BCUT2D eigenvalue weighted by molar-refractivity contribution is 0.0217. The number of hydrogen-bond acceptors (Lipinski definition) is 2. The zero-order chi connectivity index (χ0) is 14.8. The van der Waals surface area contributed by atoms with Crippen molar-refractivity contribution in [3.05, 3.63) is 65.7 Å². The van der Waals surface area contributed by atoms with E-state index in [0.29, 0.717) is 16.8 Å². The maximum Gasteiger partial charge on any atom is 0.106 e. The predicted molar refractivity (Wildman–Crippen MR) is 84.8 cm³/mol. The second-order valence-corrected chi connectivity index (χ2v) is 4.68. The van der Waals surface area contributed by atoms with Crippen LogP contribution in [0, 0.1) is 0 Å². The molecule has 2 N–H and O–H groups in total. The molecule has 2 nitrogen and oxygen atoms in total. The zero-order valence-corrected chi connectivity index (χ0v) is 11.0. The van der Waals surface area contributed by atoms with Gasteiger partial charge in [-0.25, -0.2) is 0 Å². The molecule has 0 fully saturated rings. The van der Waals surface area contributed by atoms with Crippen LogP contribution in [0.25, 0.3) is 0 Å². The van der Waals surface area contributed by atoms with Gasteiger partial charge in [-0.15, -0.1) is 0 Å². The summed E-state index contributed by atoms with van der Waals surface area (Å²) in [5.41, 5.74) is 7.30. The Labute approximate surface area is 124 Å². The smallest absolute Gasteiger partial charge is 0.106 e. The molecular formula is C14H11B4NO. The van der Waals surface area contributed by atoms with E-state index in [9.17, 15) is 0 Å². The second-order valence-electron chi connectivity index (χ2n) is 4.68. The van der Waals surface area contributed by atoms with Gasteiger partial charge in [0.1, 0.15) is 31.4 Å². The zero-order valence-electron chi connectivity index (χ0n) is 11.0. The number of hydrogen-bond donors (Lipinski definition) is 1. The number of nitrogens with two attached hydrogens (primary N) is 1. The highest BCUT2D eigenvalue weighted by Crippen LogP contribution is 2.28. The largest absolute Gasteiger partial charge is 0.399 e. The molecule has 2 aromatic carbocycles. The summed E-state index contributed by atoms with van der Waals surface area (Å²) in [5.74, 6) is 0. The molecular weight excluding hydrogens is 241 g/mol. The summed E-state index contributed by atoms with van der Waals surface area (Å²) in [6, 6.07) is 15.6. The molecule has 20 heavy (non-hydrogen) atoms. The lowest BCUT2D eigenvalue weighted by Crippen LogP contribution is -2.43. The van der Waals surface area contributed by atoms with Crippen molar-refractivity contribution in [2.45, 2.75) is 10.8 Å². The van der Waals surface area contributed by atoms with Crippen LogP contribution in [0.4, 0.5) is 5.69 Å². The Morgan fingerprint density at radius 3 is 1.65 bits per heavy atom. The number of benzene rings is 2. The van der Waals surface area contributed by atoms with Crippen molar-refractivity contribution in [2.75, 3.05) is 5.73 Å². The molecule has 0 saturated heterocycles. The molecule has 2 rings (SSSR count). The summed E-state index contributed by atoms with van der Waals surface area (Å²) in [4.78, 5) is 0. The van der Waals surface area contributed by atoms with E-state index in [4.69, 9.17) is 41.9 Å². The molecule has 0 bridgehead atoms. The quantitative estimate of drug-likeness (QED) is 0.648. The van der Waals surface area contributed by atoms with Crippen molar-refractivity contribution >= 4 is 37.1 Å². The molecule has 0 aromatic heterocycles. The highest BCUT2D eigenvalue weighted by Gasteiger charge is 2.30. The normalized spacial score (nSPS) is 12.2. The van der Waals surface area contributed by atoms with E-state index in [1.54, 1.807) is 48.5 Å². The van der Waals surface area contributed by atoms with E-state index in [2.05, 4.69) is 0 Å². The summed E-state index contributed by atoms with van der Waals surface area (Å²) < 4.78 is 5.51. The number of anilines is 1. The van der Waals surface area contributed by atoms with Crippen LogP contribution in [0.1, 0.15) is 11.1 Å². The fraction of sp³-hybridized carbons (Fsp3) is 0.143. The van der Waals surface area contributed by atoms with Crippen LogP contribution in [-0.4, -0.2) is 31.4 Å². The first kappa shape index (κ1) is 14.9. The van der Waals surface area contributed by atoms with Crippen molar-refractivity contribution in [1.29, 1.82) is 0 Å². The molecule has 0 aliphatic rings. The van der Waals surface area contributed by atoms with Crippen LogP contribution in [0.15, 0.2) is 54.6 Å². The topological polar surface area (TPSA) is 35.2 Å². The highest BCUT2D eigenvalue weighted by atomic mass is 16.5. The van der Waals surface area contributed by atoms with Crippen molar-refractivity contribution in [3.8, 4) is 0 Å². The molecule has 0 amide bonds. The Bertz CT molecular complexity index is 569. The predicted octanol–water partition coefficient (Wildman–Crippen LogP) is 0.880. The van der Waals surface area contributed by atoms with Gasteiger partial charge in [-0.05, 0) is 23.3 Å². The maximum absolute atomic E-state index is 5.97. The number of rotatable bonds is 4. The van der Waals surface area contributed by atoms with Crippen LogP contribution in [-0.2, 0) is 15.5 Å². The van der Waals surface area contributed by atoms with Crippen LogP contribution >= 0.6 is 0 Å². The number of ether oxygens (including phenoxy) is 1. The van der Waals surface area contributed by atoms with Crippen molar-refractivity contribution in [3.63, 3.8) is 0 Å². The fourth-order valence-corrected chi connectivity index (χ4v) is 1.84. The van der Waals surface area contributed by atoms with Gasteiger partial charge >= 0.3 is 0 Å². The maximum atomic E-state index is 5.97. The standard InChI is InChI=1S/C14H11B4NO/c15-13(16,10-4-2-1-3-5-10)20-14(17,18)11-6-8-12(19)9-7-11/h1-9H,19H2. The number of nitrogen functional groups attached to an aromatic ring is 1. The third-order valence-electron chi connectivity index (χ3n) is 2.92. The van der Waals surface area contributed by atoms with Gasteiger partial charge in [0.25, 0.3) is 0 Å². The highest BCUT2D eigenvalue weighted by molar-refractivity contribution is 6.42. The Morgan fingerprint density at radius 2 is 1.15 bits per heavy atom. The van der Waals surface area contributed by atoms with Crippen LogP contribution in [0.2, 0.25) is 0 Å². The molecule has 8 radical (unpaired) electrons. The summed E-state index contributed by atoms with van der Waals surface area (Å²) in [5, 5.41) is -3.24. The molecule has 0 atom stereocenters. The van der Waals surface area contributed by atoms with E-state index in [1.807, 2.05) is 6.07 Å². The molecule has 6 heteroatoms. The van der Waals surface area contributed by atoms with E-state index in [0.717, 1.165) is 0 Å². The van der Waals surface area contributed by atoms with Gasteiger partial charge < -0.3 is 10.5 Å². The van der Waals surface area contributed by atoms with E-state index in [1.165, 1.54) is 0 Å². The third kappa shape index (κ3) is 3.31. The Morgan fingerprint density at radius 1 is 0.700 bits per heavy atom. The lowest BCUT2D eigenvalue weighted by Gasteiger charge is -2.39. The van der Waals surface area contributed by atoms with Crippen LogP contribution < -0.4 is 5.73 Å². The molecule has 90 valence electrons. The van der Waals surface area contributed by atoms with E-state index in [-0.39, 0.29) is 0 Å². The lowest BCUT2D eigenvalue weighted by atomic mass is 9.56. The minimum atomic E-state index is -1.63. The van der Waals surface area contributed by atoms with Gasteiger partial charge in [0.2, 0.25) is 0 Å². The van der Waals surface area contributed by atoms with Crippen molar-refractivity contribution < 1.29 is 4.74 Å². The van der Waals surface area contributed by atoms with Gasteiger partial charge in [0.05, 0.1) is 0 Å². The minimum Gasteiger partial charge on any atom is -0.399 e. The summed E-state index contributed by atoms with van der Waals surface area (Å²) in [7, 11) is 23.9. The monoisotopic (exact) mass is 253 g/mol. The summed E-state index contributed by atoms with van der Waals surface area (Å²) >= 11 is 0. The first-order valence-corrected chi connectivity index (χ1v) is 6.08. The van der Waals surface area contributed by atoms with Crippen molar-refractivity contribution in [1.82, 2.24) is 0 Å². The molecule has 0 spiro atoms. The minimum absolute atomic E-state index is 0.517. The molecule has 0 aliphatic heterocycles. The molecule has 0 aliphatic carbocycles.